The number of carbonyl (C=O) groups excluding carboxylic acids is 1. The summed E-state index contributed by atoms with van der Waals surface area (Å²) in [5.41, 5.74) is 3.55. The predicted molar refractivity (Wildman–Crippen MR) is 122 cm³/mol. The van der Waals surface area contributed by atoms with E-state index in [0.29, 0.717) is 36.4 Å². The molecule has 0 bridgehead atoms. The molecule has 0 saturated carbocycles. The molecule has 1 heterocycles. The number of ether oxygens (including phenoxy) is 1. The Bertz CT molecular complexity index is 947. The molecule has 3 rings (SSSR count). The van der Waals surface area contributed by atoms with Gasteiger partial charge < -0.3 is 10.1 Å². The molecule has 1 amide bonds. The minimum atomic E-state index is -0.0232. The van der Waals surface area contributed by atoms with Gasteiger partial charge in [-0.3, -0.25) is 4.79 Å². The van der Waals surface area contributed by atoms with Crippen molar-refractivity contribution in [2.45, 2.75) is 58.8 Å². The van der Waals surface area contributed by atoms with Gasteiger partial charge in [-0.25, -0.2) is 4.98 Å². The van der Waals surface area contributed by atoms with Gasteiger partial charge in [0.1, 0.15) is 5.75 Å². The third-order valence-corrected chi connectivity index (χ3v) is 6.14. The lowest BCUT2D eigenvalue weighted by molar-refractivity contribution is -0.116. The molecule has 1 N–H and O–H groups in total. The maximum atomic E-state index is 12.2. The number of nitrogens with one attached hydrogen (secondary N) is 1. The molecule has 0 spiro atoms. The van der Waals surface area contributed by atoms with Crippen molar-refractivity contribution in [3.63, 3.8) is 0 Å². The van der Waals surface area contributed by atoms with Gasteiger partial charge in [0.2, 0.25) is 5.91 Å². The quantitative estimate of drug-likeness (QED) is 0.398. The highest BCUT2D eigenvalue weighted by Crippen LogP contribution is 2.30. The van der Waals surface area contributed by atoms with Crippen molar-refractivity contribution in [1.29, 1.82) is 0 Å². The fourth-order valence-electron chi connectivity index (χ4n) is 3.09. The summed E-state index contributed by atoms with van der Waals surface area (Å²) in [5, 5.41) is 3.59. The Balaban J connectivity index is 1.46. The molecule has 2 aromatic carbocycles. The number of fused-ring (bicyclic) bond motifs is 1. The predicted octanol–water partition coefficient (Wildman–Crippen LogP) is 6.73. The molecule has 1 aromatic heterocycles. The van der Waals surface area contributed by atoms with Crippen LogP contribution in [-0.2, 0) is 4.79 Å². The first kappa shape index (κ1) is 21.3. The van der Waals surface area contributed by atoms with E-state index in [-0.39, 0.29) is 5.91 Å². The number of benzene rings is 2. The smallest absolute Gasteiger partial charge is 0.226 e. The molecular weight excluding hydrogens is 380 g/mol. The maximum absolute atomic E-state index is 12.2. The number of anilines is 1. The first-order valence-electron chi connectivity index (χ1n) is 10.4. The second-order valence-electron chi connectivity index (χ2n) is 7.78. The number of nitrogens with zero attached hydrogens (tertiary/aromatic N) is 1. The number of rotatable bonds is 9. The van der Waals surface area contributed by atoms with Crippen molar-refractivity contribution in [2.24, 2.45) is 0 Å². The van der Waals surface area contributed by atoms with Gasteiger partial charge in [0, 0.05) is 6.42 Å². The first-order chi connectivity index (χ1) is 14.0. The summed E-state index contributed by atoms with van der Waals surface area (Å²) in [4.78, 5) is 16.8. The molecule has 3 aromatic rings. The van der Waals surface area contributed by atoms with Crippen LogP contribution in [0, 0.1) is 0 Å². The molecular formula is C24H30N2O2S. The maximum Gasteiger partial charge on any atom is 0.226 e. The van der Waals surface area contributed by atoms with Gasteiger partial charge in [-0.2, -0.15) is 0 Å². The topological polar surface area (TPSA) is 51.2 Å². The van der Waals surface area contributed by atoms with E-state index in [2.05, 4.69) is 62.3 Å². The molecule has 5 heteroatoms. The molecule has 29 heavy (non-hydrogen) atoms. The van der Waals surface area contributed by atoms with Gasteiger partial charge in [-0.05, 0) is 60.1 Å². The van der Waals surface area contributed by atoms with Crippen LogP contribution in [0.3, 0.4) is 0 Å². The summed E-state index contributed by atoms with van der Waals surface area (Å²) in [6.07, 6.45) is 2.19. The van der Waals surface area contributed by atoms with Crippen molar-refractivity contribution >= 4 is 32.6 Å². The summed E-state index contributed by atoms with van der Waals surface area (Å²) < 4.78 is 6.86. The molecule has 0 radical (unpaired) electrons. The van der Waals surface area contributed by atoms with Crippen molar-refractivity contribution in [3.8, 4) is 5.75 Å². The number of hydrogen-bond acceptors (Lipinski definition) is 4. The summed E-state index contributed by atoms with van der Waals surface area (Å²) in [7, 11) is 0. The second kappa shape index (κ2) is 9.88. The number of amides is 1. The molecule has 0 aliphatic heterocycles. The molecule has 154 valence electrons. The Labute approximate surface area is 177 Å². The lowest BCUT2D eigenvalue weighted by Gasteiger charge is -2.08. The van der Waals surface area contributed by atoms with Crippen LogP contribution in [0.5, 0.6) is 5.75 Å². The minimum absolute atomic E-state index is 0.0232. The summed E-state index contributed by atoms with van der Waals surface area (Å²) in [5.74, 6) is 1.86. The van der Waals surface area contributed by atoms with Crippen LogP contribution in [0.4, 0.5) is 5.13 Å². The Kier molecular flexibility index (Phi) is 7.26. The summed E-state index contributed by atoms with van der Waals surface area (Å²) >= 11 is 1.53. The Hall–Kier alpha value is -2.40. The zero-order valence-corrected chi connectivity index (χ0v) is 18.5. The molecule has 0 aliphatic rings. The first-order valence-corrected chi connectivity index (χ1v) is 11.2. The van der Waals surface area contributed by atoms with Gasteiger partial charge >= 0.3 is 0 Å². The fourth-order valence-corrected chi connectivity index (χ4v) is 4.02. The normalized spacial score (nSPS) is 12.3. The molecule has 1 atom stereocenters. The van der Waals surface area contributed by atoms with Crippen LogP contribution in [0.25, 0.3) is 10.2 Å². The lowest BCUT2D eigenvalue weighted by Crippen LogP contribution is -2.12. The zero-order chi connectivity index (χ0) is 20.8. The van der Waals surface area contributed by atoms with E-state index in [1.165, 1.54) is 22.5 Å². The van der Waals surface area contributed by atoms with Crippen molar-refractivity contribution < 1.29 is 9.53 Å². The van der Waals surface area contributed by atoms with E-state index < -0.39 is 0 Å². The number of carbonyl (C=O) groups is 1. The third-order valence-electron chi connectivity index (χ3n) is 5.20. The van der Waals surface area contributed by atoms with E-state index in [4.69, 9.17) is 4.74 Å². The summed E-state index contributed by atoms with van der Waals surface area (Å²) in [6.45, 7) is 9.28. The average Bonchev–Trinajstić information content (AvgIpc) is 3.12. The van der Waals surface area contributed by atoms with Crippen LogP contribution in [0.2, 0.25) is 0 Å². The Morgan fingerprint density at radius 3 is 2.52 bits per heavy atom. The Morgan fingerprint density at radius 1 is 1.10 bits per heavy atom. The number of thiazole rings is 1. The van der Waals surface area contributed by atoms with Crippen molar-refractivity contribution in [3.05, 3.63) is 53.6 Å². The fraction of sp³-hybridized carbons (Fsp3) is 0.417. The van der Waals surface area contributed by atoms with E-state index in [1.54, 1.807) is 0 Å². The monoisotopic (exact) mass is 410 g/mol. The average molecular weight is 411 g/mol. The lowest BCUT2D eigenvalue weighted by atomic mass is 9.99. The number of aromatic nitrogens is 1. The van der Waals surface area contributed by atoms with Gasteiger partial charge in [0.25, 0.3) is 0 Å². The molecule has 0 aliphatic carbocycles. The van der Waals surface area contributed by atoms with Gasteiger partial charge in [-0.15, -0.1) is 0 Å². The van der Waals surface area contributed by atoms with Gasteiger partial charge in [-0.1, -0.05) is 57.2 Å². The van der Waals surface area contributed by atoms with Gasteiger partial charge in [0.15, 0.2) is 5.13 Å². The van der Waals surface area contributed by atoms with Crippen LogP contribution < -0.4 is 10.1 Å². The van der Waals surface area contributed by atoms with Gasteiger partial charge in [0.05, 0.1) is 16.8 Å². The second-order valence-corrected chi connectivity index (χ2v) is 8.81. The van der Waals surface area contributed by atoms with E-state index >= 15 is 0 Å². The largest absolute Gasteiger partial charge is 0.494 e. The van der Waals surface area contributed by atoms with Crippen LogP contribution in [0.15, 0.2) is 42.5 Å². The van der Waals surface area contributed by atoms with E-state index in [9.17, 15) is 4.79 Å². The molecule has 4 nitrogen and oxygen atoms in total. The van der Waals surface area contributed by atoms with Crippen LogP contribution in [-0.4, -0.2) is 17.5 Å². The minimum Gasteiger partial charge on any atom is -0.494 e. The molecule has 0 fully saturated rings. The van der Waals surface area contributed by atoms with E-state index in [0.717, 1.165) is 22.4 Å². The highest BCUT2D eigenvalue weighted by molar-refractivity contribution is 7.22. The van der Waals surface area contributed by atoms with Crippen molar-refractivity contribution in [1.82, 2.24) is 4.98 Å². The summed E-state index contributed by atoms with van der Waals surface area (Å²) in [6, 6.07) is 14.5. The van der Waals surface area contributed by atoms with Crippen molar-refractivity contribution in [2.75, 3.05) is 11.9 Å². The van der Waals surface area contributed by atoms with Crippen LogP contribution >= 0.6 is 11.3 Å². The van der Waals surface area contributed by atoms with Crippen LogP contribution in [0.1, 0.15) is 69.9 Å². The molecule has 0 saturated heterocycles. The number of hydrogen-bond donors (Lipinski definition) is 1. The third kappa shape index (κ3) is 5.80. The molecule has 1 unspecified atom stereocenters. The van der Waals surface area contributed by atoms with E-state index in [1.807, 2.05) is 18.2 Å². The highest BCUT2D eigenvalue weighted by atomic mass is 32.1. The highest BCUT2D eigenvalue weighted by Gasteiger charge is 2.10. The zero-order valence-electron chi connectivity index (χ0n) is 17.7. The Morgan fingerprint density at radius 2 is 1.83 bits per heavy atom. The standard InChI is InChI=1S/C24H30N2O2S/c1-5-17(4)19-10-13-21-22(15-19)29-24(25-21)26-23(27)7-6-14-28-20-11-8-18(9-12-20)16(2)3/h8-13,15-17H,5-7,14H2,1-4H3,(H,25,26,27). The SMILES string of the molecule is CCC(C)c1ccc2nc(NC(=O)CCCOc3ccc(C(C)C)cc3)sc2c1.